The molecule has 8 heteroatoms. The number of nitrogen functional groups attached to an aromatic ring is 1. The summed E-state index contributed by atoms with van der Waals surface area (Å²) in [7, 11) is 2.13. The van der Waals surface area contributed by atoms with Gasteiger partial charge in [-0.25, -0.2) is 4.99 Å². The van der Waals surface area contributed by atoms with Crippen molar-refractivity contribution < 1.29 is 0 Å². The van der Waals surface area contributed by atoms with Gasteiger partial charge in [0.15, 0.2) is 5.96 Å². The molecule has 4 heterocycles. The van der Waals surface area contributed by atoms with Crippen LogP contribution in [0.2, 0.25) is 0 Å². The summed E-state index contributed by atoms with van der Waals surface area (Å²) >= 11 is 0. The Bertz CT molecular complexity index is 1030. The quantitative estimate of drug-likeness (QED) is 0.515. The van der Waals surface area contributed by atoms with E-state index in [0.717, 1.165) is 61.5 Å². The number of likely N-dealkylation sites (N-methyl/N-ethyl adjacent to an activating group) is 1. The molecule has 0 spiro atoms. The highest BCUT2D eigenvalue weighted by atomic mass is 15.2. The standard InChI is InChI=1S/C23H32N8/c1-4-16-5-8-31(22-12-26-11-19(24)15(22)2)14-21(16)29-23(25)28-18-9-17-13-30(3)7-6-20(17)27-10-18/h9-12H,4-8,13-14,24H2,1-3H3,(H3,25,28,29). The molecule has 2 aliphatic rings. The zero-order chi connectivity index (χ0) is 22.0. The lowest BCUT2D eigenvalue weighted by atomic mass is 10.0. The van der Waals surface area contributed by atoms with Crippen molar-refractivity contribution in [3.63, 3.8) is 0 Å². The first-order valence-electron chi connectivity index (χ1n) is 10.9. The number of nitrogens with two attached hydrogens (primary N) is 2. The lowest BCUT2D eigenvalue weighted by Gasteiger charge is -2.32. The summed E-state index contributed by atoms with van der Waals surface area (Å²) in [5.74, 6) is 0.385. The number of aliphatic imine (C=N–C) groups is 1. The summed E-state index contributed by atoms with van der Waals surface area (Å²) in [4.78, 5) is 18.2. The third-order valence-electron chi connectivity index (χ3n) is 6.19. The van der Waals surface area contributed by atoms with Gasteiger partial charge in [-0.15, -0.1) is 0 Å². The Morgan fingerprint density at radius 1 is 1.19 bits per heavy atom. The first-order chi connectivity index (χ1) is 14.9. The van der Waals surface area contributed by atoms with E-state index in [-0.39, 0.29) is 0 Å². The summed E-state index contributed by atoms with van der Waals surface area (Å²) < 4.78 is 0. The Kier molecular flexibility index (Phi) is 6.08. The van der Waals surface area contributed by atoms with Crippen molar-refractivity contribution in [2.75, 3.05) is 42.6 Å². The second-order valence-corrected chi connectivity index (χ2v) is 8.39. The average molecular weight is 421 g/mol. The molecule has 0 saturated heterocycles. The van der Waals surface area contributed by atoms with E-state index in [9.17, 15) is 0 Å². The third-order valence-corrected chi connectivity index (χ3v) is 6.19. The minimum absolute atomic E-state index is 0.385. The van der Waals surface area contributed by atoms with Gasteiger partial charge < -0.3 is 26.6 Å². The van der Waals surface area contributed by atoms with Gasteiger partial charge in [-0.05, 0) is 49.6 Å². The Morgan fingerprint density at radius 3 is 2.84 bits per heavy atom. The zero-order valence-corrected chi connectivity index (χ0v) is 18.6. The summed E-state index contributed by atoms with van der Waals surface area (Å²) in [6.07, 6.45) is 8.31. The zero-order valence-electron chi connectivity index (χ0n) is 18.6. The molecule has 0 amide bonds. The molecule has 2 aromatic heterocycles. The van der Waals surface area contributed by atoms with Gasteiger partial charge in [-0.1, -0.05) is 6.92 Å². The van der Waals surface area contributed by atoms with Crippen molar-refractivity contribution in [1.82, 2.24) is 14.9 Å². The number of hydrogen-bond donors (Lipinski definition) is 3. The maximum atomic E-state index is 6.31. The normalized spacial score (nSPS) is 17.6. The Hall–Kier alpha value is -3.13. The molecule has 5 N–H and O–H groups in total. The van der Waals surface area contributed by atoms with E-state index in [1.54, 1.807) is 6.20 Å². The minimum Gasteiger partial charge on any atom is -0.397 e. The number of rotatable bonds is 4. The lowest BCUT2D eigenvalue weighted by Crippen LogP contribution is -2.33. The molecule has 0 saturated carbocycles. The van der Waals surface area contributed by atoms with Crippen LogP contribution >= 0.6 is 0 Å². The van der Waals surface area contributed by atoms with E-state index in [1.165, 1.54) is 16.8 Å². The number of pyridine rings is 2. The predicted octanol–water partition coefficient (Wildman–Crippen LogP) is 2.66. The van der Waals surface area contributed by atoms with E-state index in [0.29, 0.717) is 18.2 Å². The molecule has 0 atom stereocenters. The molecule has 0 unspecified atom stereocenters. The van der Waals surface area contributed by atoms with Gasteiger partial charge in [0, 0.05) is 31.7 Å². The van der Waals surface area contributed by atoms with Gasteiger partial charge in [0.05, 0.1) is 47.9 Å². The molecule has 2 aromatic rings. The van der Waals surface area contributed by atoms with Crippen LogP contribution in [0.5, 0.6) is 0 Å². The van der Waals surface area contributed by atoms with E-state index in [1.807, 2.05) is 19.3 Å². The fourth-order valence-electron chi connectivity index (χ4n) is 4.29. The van der Waals surface area contributed by atoms with Crippen LogP contribution in [0.4, 0.5) is 17.1 Å². The maximum Gasteiger partial charge on any atom is 0.198 e. The van der Waals surface area contributed by atoms with Crippen LogP contribution in [0, 0.1) is 6.92 Å². The summed E-state index contributed by atoms with van der Waals surface area (Å²) in [5, 5.41) is 3.24. The monoisotopic (exact) mass is 420 g/mol. The summed E-state index contributed by atoms with van der Waals surface area (Å²) in [5.41, 5.74) is 20.8. The number of hydrogen-bond acceptors (Lipinski definition) is 6. The van der Waals surface area contributed by atoms with E-state index >= 15 is 0 Å². The highest BCUT2D eigenvalue weighted by Gasteiger charge is 2.21. The number of fused-ring (bicyclic) bond motifs is 1. The molecular weight excluding hydrogens is 388 g/mol. The number of aromatic nitrogens is 2. The van der Waals surface area contributed by atoms with E-state index < -0.39 is 0 Å². The number of nitrogens with zero attached hydrogens (tertiary/aromatic N) is 5. The molecule has 31 heavy (non-hydrogen) atoms. The van der Waals surface area contributed by atoms with Crippen LogP contribution in [-0.2, 0) is 13.0 Å². The van der Waals surface area contributed by atoms with Crippen LogP contribution in [0.3, 0.4) is 0 Å². The molecular formula is C23H32N8. The molecule has 0 aliphatic carbocycles. The third kappa shape index (κ3) is 4.64. The highest BCUT2D eigenvalue weighted by Crippen LogP contribution is 2.30. The van der Waals surface area contributed by atoms with Crippen LogP contribution in [0.25, 0.3) is 0 Å². The minimum atomic E-state index is 0.385. The molecule has 0 aromatic carbocycles. The summed E-state index contributed by atoms with van der Waals surface area (Å²) in [6, 6.07) is 2.13. The van der Waals surface area contributed by atoms with Crippen molar-refractivity contribution in [2.45, 2.75) is 39.7 Å². The Labute approximate surface area is 184 Å². The van der Waals surface area contributed by atoms with Crippen molar-refractivity contribution in [1.29, 1.82) is 0 Å². The van der Waals surface area contributed by atoms with Crippen molar-refractivity contribution in [3.05, 3.63) is 52.7 Å². The predicted molar refractivity (Wildman–Crippen MR) is 127 cm³/mol. The molecule has 164 valence electrons. The smallest absolute Gasteiger partial charge is 0.198 e. The van der Waals surface area contributed by atoms with Gasteiger partial charge in [-0.3, -0.25) is 9.97 Å². The SMILES string of the molecule is CCC1=C(N=C(N)Nc2cnc3c(c2)CN(C)CC3)CN(c2cncc(N)c2C)CC1. The van der Waals surface area contributed by atoms with Crippen molar-refractivity contribution >= 4 is 23.0 Å². The fraction of sp³-hybridized carbons (Fsp3) is 0.435. The largest absolute Gasteiger partial charge is 0.397 e. The van der Waals surface area contributed by atoms with E-state index in [2.05, 4.69) is 45.1 Å². The first kappa shape index (κ1) is 21.1. The van der Waals surface area contributed by atoms with Gasteiger partial charge in [0.1, 0.15) is 0 Å². The second kappa shape index (κ2) is 8.93. The number of nitrogens with one attached hydrogen (secondary N) is 1. The van der Waals surface area contributed by atoms with Crippen molar-refractivity contribution in [3.8, 4) is 0 Å². The number of guanidine groups is 1. The van der Waals surface area contributed by atoms with Crippen LogP contribution in [0.1, 0.15) is 36.6 Å². The number of anilines is 3. The molecule has 8 nitrogen and oxygen atoms in total. The van der Waals surface area contributed by atoms with Gasteiger partial charge >= 0.3 is 0 Å². The van der Waals surface area contributed by atoms with Gasteiger partial charge in [0.2, 0.25) is 0 Å². The lowest BCUT2D eigenvalue weighted by molar-refractivity contribution is 0.310. The van der Waals surface area contributed by atoms with Crippen LogP contribution in [0.15, 0.2) is 40.9 Å². The van der Waals surface area contributed by atoms with Gasteiger partial charge in [-0.2, -0.15) is 0 Å². The fourth-order valence-corrected chi connectivity index (χ4v) is 4.29. The summed E-state index contributed by atoms with van der Waals surface area (Å²) in [6.45, 7) is 7.76. The van der Waals surface area contributed by atoms with Crippen LogP contribution < -0.4 is 21.7 Å². The average Bonchev–Trinajstić information content (AvgIpc) is 2.75. The van der Waals surface area contributed by atoms with Gasteiger partial charge in [0.25, 0.3) is 0 Å². The molecule has 2 aliphatic heterocycles. The Balaban J connectivity index is 1.53. The highest BCUT2D eigenvalue weighted by molar-refractivity contribution is 5.93. The topological polar surface area (TPSA) is 109 Å². The van der Waals surface area contributed by atoms with Crippen molar-refractivity contribution in [2.24, 2.45) is 10.7 Å². The molecule has 0 fully saturated rings. The second-order valence-electron chi connectivity index (χ2n) is 8.39. The van der Waals surface area contributed by atoms with E-state index in [4.69, 9.17) is 16.5 Å². The molecule has 4 rings (SSSR count). The molecule has 0 bridgehead atoms. The van der Waals surface area contributed by atoms with Crippen LogP contribution in [-0.4, -0.2) is 47.5 Å². The maximum absolute atomic E-state index is 6.31. The molecule has 0 radical (unpaired) electrons. The first-order valence-corrected chi connectivity index (χ1v) is 10.9. The Morgan fingerprint density at radius 2 is 2.03 bits per heavy atom.